The molecule has 0 spiro atoms. The van der Waals surface area contributed by atoms with Crippen molar-refractivity contribution in [2.75, 3.05) is 149 Å². The first-order valence-electron chi connectivity index (χ1n) is 41.1. The van der Waals surface area contributed by atoms with E-state index in [1.165, 1.54) is 134 Å². The van der Waals surface area contributed by atoms with Crippen LogP contribution in [-0.2, 0) is 44.9 Å². The van der Waals surface area contributed by atoms with Gasteiger partial charge in [-0.3, -0.25) is 9.97 Å². The number of aromatic nitrogens is 13. The number of fused-ring (bicyclic) bond motifs is 13. The van der Waals surface area contributed by atoms with E-state index in [0.29, 0.717) is 0 Å². The van der Waals surface area contributed by atoms with Crippen molar-refractivity contribution >= 4 is 86.5 Å². The Morgan fingerprint density at radius 3 is 1.58 bits per heavy atom. The molecule has 27 nitrogen and oxygen atoms in total. The van der Waals surface area contributed by atoms with Crippen molar-refractivity contribution in [1.29, 1.82) is 0 Å². The van der Waals surface area contributed by atoms with Gasteiger partial charge in [-0.1, -0.05) is 51.3 Å². The van der Waals surface area contributed by atoms with Crippen LogP contribution in [0.25, 0.3) is 11.0 Å². The molecule has 12 N–H and O–H groups in total. The Hall–Kier alpha value is -12.0. The summed E-state index contributed by atoms with van der Waals surface area (Å²) in [5.41, 5.74) is 12.4. The summed E-state index contributed by atoms with van der Waals surface area (Å²) in [6.07, 6.45) is 46.0. The van der Waals surface area contributed by atoms with Crippen LogP contribution in [0.5, 0.6) is 5.75 Å². The summed E-state index contributed by atoms with van der Waals surface area (Å²) in [5.74, 6) is 12.1. The zero-order valence-corrected chi connectivity index (χ0v) is 67.0. The van der Waals surface area contributed by atoms with Crippen LogP contribution >= 0.6 is 11.8 Å². The van der Waals surface area contributed by atoms with Crippen molar-refractivity contribution in [3.05, 3.63) is 241 Å². The van der Waals surface area contributed by atoms with E-state index in [9.17, 15) is 0 Å². The van der Waals surface area contributed by atoms with Gasteiger partial charge in [0.25, 0.3) is 0 Å². The molecule has 1 aliphatic carbocycles. The summed E-state index contributed by atoms with van der Waals surface area (Å²) in [6, 6.07) is 39.0. The van der Waals surface area contributed by atoms with Crippen LogP contribution in [0.2, 0.25) is 0 Å². The summed E-state index contributed by atoms with van der Waals surface area (Å²) in [6.45, 7) is 13.3. The minimum Gasteiger partial charge on any atom is -0.488 e. The average molecular weight is 1610 g/mol. The minimum absolute atomic E-state index is 0. The topological polar surface area (TPSA) is 334 Å². The van der Waals surface area contributed by atoms with Gasteiger partial charge in [-0.05, 0) is 228 Å². The fourth-order valence-corrected chi connectivity index (χ4v) is 15.2. The second-order valence-corrected chi connectivity index (χ2v) is 29.8. The largest absolute Gasteiger partial charge is 0.488 e. The number of para-hydroxylation sites is 1. The van der Waals surface area contributed by atoms with Crippen LogP contribution in [0, 0.1) is 5.92 Å². The molecule has 1 saturated heterocycles. The Bertz CT molecular complexity index is 3970. The first-order valence-corrected chi connectivity index (χ1v) is 42.1. The highest BCUT2D eigenvalue weighted by atomic mass is 32.2. The Labute approximate surface area is 699 Å². The fourth-order valence-electron chi connectivity index (χ4n) is 14.4. The Morgan fingerprint density at radius 1 is 0.356 bits per heavy atom. The molecule has 0 amide bonds. The summed E-state index contributed by atoms with van der Waals surface area (Å²) in [7, 11) is 0. The van der Waals surface area contributed by atoms with E-state index in [1.807, 2.05) is 146 Å². The summed E-state index contributed by atoms with van der Waals surface area (Å²) in [5, 5.41) is 47.8. The Kier molecular flexibility index (Phi) is 36.1. The van der Waals surface area contributed by atoms with Gasteiger partial charge >= 0.3 is 0 Å². The molecule has 22 heterocycles. The number of furan rings is 1. The molecule has 620 valence electrons. The maximum absolute atomic E-state index is 5.30. The number of benzene rings is 1. The number of rotatable bonds is 0. The van der Waals surface area contributed by atoms with E-state index in [-0.39, 0.29) is 14.9 Å². The van der Waals surface area contributed by atoms with Crippen molar-refractivity contribution in [1.82, 2.24) is 70.3 Å². The second-order valence-electron chi connectivity index (χ2n) is 28.7. The molecule has 24 rings (SSSR count). The van der Waals surface area contributed by atoms with Crippen LogP contribution in [0.1, 0.15) is 118 Å². The van der Waals surface area contributed by atoms with Crippen LogP contribution in [0.4, 0.5) is 63.7 Å². The Morgan fingerprint density at radius 2 is 0.915 bits per heavy atom. The molecule has 2 bridgehead atoms. The number of piperidine rings is 1. The lowest BCUT2D eigenvalue weighted by molar-refractivity contribution is 0.321. The Balaban J connectivity index is 0.000000126. The first kappa shape index (κ1) is 86.8. The number of hydrogen-bond donors (Lipinski definition) is 12. The zero-order valence-electron chi connectivity index (χ0n) is 66.2. The van der Waals surface area contributed by atoms with Gasteiger partial charge in [-0.25, -0.2) is 44.9 Å². The number of nitrogens with zero attached hydrogens (tertiary/aromatic N) is 13. The van der Waals surface area contributed by atoms with Gasteiger partial charge < -0.3 is 73.0 Å². The quantitative estimate of drug-likeness (QED) is 0.0671. The van der Waals surface area contributed by atoms with E-state index in [0.717, 1.165) is 202 Å². The predicted octanol–water partition coefficient (Wildman–Crippen LogP) is 16.1. The van der Waals surface area contributed by atoms with E-state index in [4.69, 9.17) is 9.15 Å². The SMILES string of the molecule is C.C.C1CC2CC1CN2.c1cc2c(cn1)CCCN2.c1cc2c(nn1)NCCC2.c1ccc2occc2c1.c1cnc2c(c1)CCCCN2.c1cnc2c(c1)CCCN2.c1cnc2c(c1)CCN2.c1cnc2c(c1)NCCN2.c1cnc2c(c1)OCCN2.c1cnc2c(c1)SCCN2.c1cnc2c(n1)CCCN2.c1ncc2c(n1)NCCC2. The minimum atomic E-state index is 0. The van der Waals surface area contributed by atoms with Crippen molar-refractivity contribution < 1.29 is 9.15 Å². The maximum atomic E-state index is 5.30. The van der Waals surface area contributed by atoms with Gasteiger partial charge in [0, 0.05) is 167 Å². The molecule has 12 aromatic rings. The lowest BCUT2D eigenvalue weighted by Gasteiger charge is -2.17. The predicted molar refractivity (Wildman–Crippen MR) is 482 cm³/mol. The third-order valence-corrected chi connectivity index (χ3v) is 21.4. The van der Waals surface area contributed by atoms with E-state index < -0.39 is 0 Å². The molecule has 2 atom stereocenters. The van der Waals surface area contributed by atoms with Gasteiger partial charge in [0.05, 0.1) is 30.4 Å². The normalized spacial score (nSPS) is 16.7. The standard InChI is InChI=1S/C9H12N2.2C8H10N2.C8H6O.4C7H9N3.C7H8N2O.C7H8N2S.C7H8N2.C6H11N.2CH4/c1-2-6-10-9-8(4-1)5-3-7-11-9;1-3-7-4-2-6-10-8(7)9-5-1;1-2-7-6-9-5-3-8(7)10-4-1;1-2-4-8-7(3-1)5-6-9-8;1-2-6-3-5-9-10-7(6)8-4-1;1-2-6-4-8-5-10-7(6)9-3-1;2*1-2-6-7(9-3-1)10-5-4-8-6;2*1-2-6-7(8-3-1)9-4-5-10-6;1-2-6-3-5-9-7(6)8-4-1;1-2-6-3-5(1)4-7-6;;/h3,5,7H,1-2,4,6H2,(H,10,11);1,3,5H,2,4,6H2,(H,9,10);3,5-6,10H,1-2,4H2;1-6H;3,5H,1-2,4H2,(H,8,10);4-5H,1-3H2,(H,8,9,10);4-5H,1-3H2,(H,9,10);1-3,8H,4-5H2,(H,9,10);2*1-3H,4-5H2,(H,8,9);1-2,4H,3,5H2,(H,8,9);5-7H,1-4H2;2*1H4. The molecule has 2 unspecified atom stereocenters. The van der Waals surface area contributed by atoms with E-state index >= 15 is 0 Å². The number of anilines is 11. The molecule has 28 heteroatoms. The lowest BCUT2D eigenvalue weighted by Crippen LogP contribution is -2.23. The molecular weight excluding hydrogens is 1500 g/mol. The molecule has 118 heavy (non-hydrogen) atoms. The van der Waals surface area contributed by atoms with Crippen molar-refractivity contribution in [3.63, 3.8) is 0 Å². The number of aryl methyl sites for hydroxylation is 6. The van der Waals surface area contributed by atoms with Crippen molar-refractivity contribution in [3.8, 4) is 5.75 Å². The van der Waals surface area contributed by atoms with Crippen molar-refractivity contribution in [2.24, 2.45) is 5.92 Å². The molecular formula is C90H117N25O2S. The zero-order chi connectivity index (χ0) is 78.9. The first-order chi connectivity index (χ1) is 57.6. The highest BCUT2D eigenvalue weighted by Gasteiger charge is 2.30. The molecule has 12 aliphatic rings. The molecule has 11 aliphatic heterocycles. The monoisotopic (exact) mass is 1610 g/mol. The maximum Gasteiger partial charge on any atom is 0.168 e. The smallest absolute Gasteiger partial charge is 0.168 e. The van der Waals surface area contributed by atoms with Crippen LogP contribution in [-0.4, -0.2) is 162 Å². The molecule has 2 fully saturated rings. The van der Waals surface area contributed by atoms with Gasteiger partial charge in [0.1, 0.15) is 59.2 Å². The fraction of sp³-hybridized carbons (Fsp3) is 0.389. The van der Waals surface area contributed by atoms with E-state index in [1.54, 1.807) is 43.6 Å². The van der Waals surface area contributed by atoms with Gasteiger partial charge in [-0.2, -0.15) is 5.10 Å². The average Bonchev–Trinajstić information content (AvgIpc) is 1.82. The number of nitrogens with one attached hydrogen (secondary N) is 12. The summed E-state index contributed by atoms with van der Waals surface area (Å²) < 4.78 is 10.4. The third-order valence-electron chi connectivity index (χ3n) is 20.3. The number of ether oxygens (including phenoxy) is 1. The van der Waals surface area contributed by atoms with Gasteiger partial charge in [0.15, 0.2) is 17.4 Å². The number of thioether (sulfide) groups is 1. The molecule has 0 radical (unpaired) electrons. The van der Waals surface area contributed by atoms with Crippen molar-refractivity contribution in [2.45, 2.75) is 135 Å². The van der Waals surface area contributed by atoms with E-state index in [2.05, 4.69) is 153 Å². The highest BCUT2D eigenvalue weighted by molar-refractivity contribution is 7.99. The summed E-state index contributed by atoms with van der Waals surface area (Å²) in [4.78, 5) is 46.8. The second kappa shape index (κ2) is 49.1. The summed E-state index contributed by atoms with van der Waals surface area (Å²) >= 11 is 1.86. The number of hydrogen-bond acceptors (Lipinski definition) is 28. The van der Waals surface area contributed by atoms with Crippen LogP contribution in [0.3, 0.4) is 0 Å². The highest BCUT2D eigenvalue weighted by Crippen LogP contribution is 2.31. The number of pyridine rings is 7. The van der Waals surface area contributed by atoms with Crippen LogP contribution in [0.15, 0.2) is 212 Å². The molecule has 11 aromatic heterocycles. The third kappa shape index (κ3) is 27.8. The van der Waals surface area contributed by atoms with Gasteiger partial charge in [0.2, 0.25) is 0 Å². The molecule has 1 saturated carbocycles. The van der Waals surface area contributed by atoms with Crippen LogP contribution < -0.4 is 68.5 Å². The molecule has 1 aromatic carbocycles. The lowest BCUT2D eigenvalue weighted by atomic mass is 10.1. The van der Waals surface area contributed by atoms with Gasteiger partial charge in [-0.15, -0.1) is 16.9 Å².